The number of methoxy groups -OCH3 is 1. The molecule has 3 rings (SSSR count). The zero-order valence-electron chi connectivity index (χ0n) is 15.1. The highest BCUT2D eigenvalue weighted by molar-refractivity contribution is 5.92. The molecule has 1 fully saturated rings. The average Bonchev–Trinajstić information content (AvgIpc) is 3.34. The molecule has 136 valence electrons. The number of carbonyl (C=O) groups is 1. The van der Waals surface area contributed by atoms with Crippen LogP contribution in [-0.4, -0.2) is 45.9 Å². The molecule has 2 atom stereocenters. The van der Waals surface area contributed by atoms with Crippen LogP contribution in [0.15, 0.2) is 15.1 Å². The van der Waals surface area contributed by atoms with E-state index < -0.39 is 0 Å². The van der Waals surface area contributed by atoms with Crippen LogP contribution in [-0.2, 0) is 4.74 Å². The van der Waals surface area contributed by atoms with Gasteiger partial charge in [-0.3, -0.25) is 4.79 Å². The number of hydrogen-bond acceptors (Lipinski definition) is 7. The van der Waals surface area contributed by atoms with E-state index >= 15 is 0 Å². The van der Waals surface area contributed by atoms with Gasteiger partial charge in [0.15, 0.2) is 5.82 Å². The van der Waals surface area contributed by atoms with Gasteiger partial charge in [0.1, 0.15) is 6.04 Å². The van der Waals surface area contributed by atoms with E-state index in [0.717, 1.165) is 18.5 Å². The fourth-order valence-electron chi connectivity index (χ4n) is 3.31. The number of ether oxygens (including phenoxy) is 1. The minimum atomic E-state index is -0.319. The van der Waals surface area contributed by atoms with E-state index in [1.165, 1.54) is 0 Å². The third-order valence-corrected chi connectivity index (χ3v) is 4.83. The van der Waals surface area contributed by atoms with Crippen molar-refractivity contribution in [3.05, 3.63) is 29.2 Å². The van der Waals surface area contributed by atoms with Crippen molar-refractivity contribution in [2.75, 3.05) is 13.7 Å². The van der Waals surface area contributed by atoms with Crippen LogP contribution in [0.25, 0.3) is 0 Å². The van der Waals surface area contributed by atoms with Gasteiger partial charge in [0.25, 0.3) is 5.91 Å². The molecule has 0 radical (unpaired) electrons. The van der Waals surface area contributed by atoms with Crippen molar-refractivity contribution in [3.63, 3.8) is 0 Å². The second kappa shape index (κ2) is 7.35. The lowest BCUT2D eigenvalue weighted by atomic mass is 9.99. The highest BCUT2D eigenvalue weighted by atomic mass is 16.5. The third-order valence-electron chi connectivity index (χ3n) is 4.83. The fraction of sp³-hybridized carbons (Fsp3) is 0.647. The molecule has 25 heavy (non-hydrogen) atoms. The lowest BCUT2D eigenvalue weighted by Crippen LogP contribution is -2.32. The Morgan fingerprint density at radius 3 is 2.72 bits per heavy atom. The van der Waals surface area contributed by atoms with Crippen molar-refractivity contribution >= 4 is 5.91 Å². The Labute approximate surface area is 146 Å². The molecule has 0 saturated carbocycles. The lowest BCUT2D eigenvalue weighted by Gasteiger charge is -2.19. The first-order chi connectivity index (χ1) is 12.1. The molecule has 2 aromatic heterocycles. The number of rotatable bonds is 6. The van der Waals surface area contributed by atoms with Crippen LogP contribution in [0, 0.1) is 6.92 Å². The van der Waals surface area contributed by atoms with Crippen molar-refractivity contribution in [2.24, 2.45) is 0 Å². The third kappa shape index (κ3) is 3.44. The van der Waals surface area contributed by atoms with Gasteiger partial charge in [0.05, 0.1) is 11.8 Å². The van der Waals surface area contributed by atoms with Gasteiger partial charge in [0, 0.05) is 32.1 Å². The Morgan fingerprint density at radius 1 is 1.36 bits per heavy atom. The van der Waals surface area contributed by atoms with Crippen molar-refractivity contribution in [2.45, 2.75) is 58.1 Å². The summed E-state index contributed by atoms with van der Waals surface area (Å²) < 4.78 is 16.0. The van der Waals surface area contributed by atoms with Crippen molar-refractivity contribution < 1.29 is 18.6 Å². The molecule has 1 aliphatic heterocycles. The van der Waals surface area contributed by atoms with Crippen LogP contribution >= 0.6 is 0 Å². The average molecular weight is 348 g/mol. The van der Waals surface area contributed by atoms with Gasteiger partial charge < -0.3 is 18.7 Å². The molecule has 0 spiro atoms. The summed E-state index contributed by atoms with van der Waals surface area (Å²) in [7, 11) is 1.63. The molecule has 0 unspecified atom stereocenters. The van der Waals surface area contributed by atoms with E-state index in [1.807, 2.05) is 0 Å². The largest absolute Gasteiger partial charge is 0.380 e. The number of carbonyl (C=O) groups excluding carboxylic acids is 1. The summed E-state index contributed by atoms with van der Waals surface area (Å²) in [5.41, 5.74) is 0.820. The molecule has 1 aliphatic rings. The SMILES string of the molecule is CCC(CC)c1cc(C(=O)N2C[C@H](OC)C[C@@H]2c2nc(C)no2)on1. The fourth-order valence-corrected chi connectivity index (χ4v) is 3.31. The molecule has 0 aromatic carbocycles. The van der Waals surface area contributed by atoms with E-state index in [-0.39, 0.29) is 23.8 Å². The van der Waals surface area contributed by atoms with Gasteiger partial charge in [-0.2, -0.15) is 4.98 Å². The number of aromatic nitrogens is 3. The first-order valence-electron chi connectivity index (χ1n) is 8.67. The topological polar surface area (TPSA) is 94.5 Å². The van der Waals surface area contributed by atoms with Crippen LogP contribution in [0.1, 0.15) is 73.0 Å². The first-order valence-corrected chi connectivity index (χ1v) is 8.67. The summed E-state index contributed by atoms with van der Waals surface area (Å²) in [6.07, 6.45) is 2.44. The highest BCUT2D eigenvalue weighted by Gasteiger charge is 2.41. The molecule has 0 aliphatic carbocycles. The zero-order chi connectivity index (χ0) is 18.0. The van der Waals surface area contributed by atoms with E-state index in [2.05, 4.69) is 29.1 Å². The Bertz CT molecular complexity index is 722. The zero-order valence-corrected chi connectivity index (χ0v) is 15.1. The predicted molar refractivity (Wildman–Crippen MR) is 88.1 cm³/mol. The van der Waals surface area contributed by atoms with Gasteiger partial charge in [-0.1, -0.05) is 24.2 Å². The molecular formula is C17H24N4O4. The molecule has 3 heterocycles. The van der Waals surface area contributed by atoms with Crippen LogP contribution < -0.4 is 0 Å². The quantitative estimate of drug-likeness (QED) is 0.792. The van der Waals surface area contributed by atoms with E-state index in [4.69, 9.17) is 13.8 Å². The van der Waals surface area contributed by atoms with Crippen molar-refractivity contribution in [1.82, 2.24) is 20.2 Å². The van der Waals surface area contributed by atoms with Gasteiger partial charge in [-0.25, -0.2) is 0 Å². The van der Waals surface area contributed by atoms with Gasteiger partial charge in [-0.15, -0.1) is 0 Å². The number of amides is 1. The van der Waals surface area contributed by atoms with Gasteiger partial charge in [-0.05, 0) is 19.8 Å². The standard InChI is InChI=1S/C17H24N4O4/c1-5-11(6-2)13-8-15(24-20-13)17(22)21-9-12(23-4)7-14(21)16-18-10(3)19-25-16/h8,11-12,14H,5-7,9H2,1-4H3/t12-,14-/m1/s1. The maximum atomic E-state index is 13.0. The number of aryl methyl sites for hydroxylation is 1. The molecular weight excluding hydrogens is 324 g/mol. The van der Waals surface area contributed by atoms with Crippen LogP contribution in [0.3, 0.4) is 0 Å². The van der Waals surface area contributed by atoms with E-state index in [0.29, 0.717) is 30.6 Å². The first kappa shape index (κ1) is 17.6. The molecule has 1 amide bonds. The van der Waals surface area contributed by atoms with Gasteiger partial charge in [0.2, 0.25) is 11.7 Å². The summed E-state index contributed by atoms with van der Waals surface area (Å²) in [6.45, 7) is 6.40. The number of hydrogen-bond donors (Lipinski definition) is 0. The predicted octanol–water partition coefficient (Wildman–Crippen LogP) is 2.87. The van der Waals surface area contributed by atoms with Crippen LogP contribution in [0.5, 0.6) is 0 Å². The van der Waals surface area contributed by atoms with Crippen molar-refractivity contribution in [3.8, 4) is 0 Å². The lowest BCUT2D eigenvalue weighted by molar-refractivity contribution is 0.0631. The summed E-state index contributed by atoms with van der Waals surface area (Å²) in [5, 5.41) is 7.91. The molecule has 0 bridgehead atoms. The molecule has 2 aromatic rings. The molecule has 8 nitrogen and oxygen atoms in total. The Hall–Kier alpha value is -2.22. The minimum absolute atomic E-state index is 0.0809. The molecule has 0 N–H and O–H groups in total. The van der Waals surface area contributed by atoms with Crippen molar-refractivity contribution in [1.29, 1.82) is 0 Å². The summed E-state index contributed by atoms with van der Waals surface area (Å²) >= 11 is 0. The maximum absolute atomic E-state index is 13.0. The Morgan fingerprint density at radius 2 is 2.12 bits per heavy atom. The Kier molecular flexibility index (Phi) is 5.17. The Balaban J connectivity index is 1.84. The molecule has 8 heteroatoms. The number of likely N-dealkylation sites (tertiary alicyclic amines) is 1. The monoisotopic (exact) mass is 348 g/mol. The highest BCUT2D eigenvalue weighted by Crippen LogP contribution is 2.34. The van der Waals surface area contributed by atoms with Crippen LogP contribution in [0.2, 0.25) is 0 Å². The smallest absolute Gasteiger partial charge is 0.293 e. The normalized spacial score (nSPS) is 20.6. The van der Waals surface area contributed by atoms with Gasteiger partial charge >= 0.3 is 0 Å². The summed E-state index contributed by atoms with van der Waals surface area (Å²) in [5.74, 6) is 1.26. The second-order valence-electron chi connectivity index (χ2n) is 6.38. The summed E-state index contributed by atoms with van der Waals surface area (Å²) in [6, 6.07) is 1.43. The molecule has 1 saturated heterocycles. The summed E-state index contributed by atoms with van der Waals surface area (Å²) in [4.78, 5) is 18.9. The van der Waals surface area contributed by atoms with E-state index in [1.54, 1.807) is 25.0 Å². The second-order valence-corrected chi connectivity index (χ2v) is 6.38. The maximum Gasteiger partial charge on any atom is 0.293 e. The number of nitrogens with zero attached hydrogens (tertiary/aromatic N) is 4. The van der Waals surface area contributed by atoms with Crippen LogP contribution in [0.4, 0.5) is 0 Å². The minimum Gasteiger partial charge on any atom is -0.380 e. The van der Waals surface area contributed by atoms with E-state index in [9.17, 15) is 4.79 Å².